The number of furan rings is 1. The summed E-state index contributed by atoms with van der Waals surface area (Å²) in [6.45, 7) is 6.71. The van der Waals surface area contributed by atoms with Gasteiger partial charge in [-0.15, -0.1) is 0 Å². The molecule has 2 fully saturated rings. The first-order valence-electron chi connectivity index (χ1n) is 11.5. The van der Waals surface area contributed by atoms with Gasteiger partial charge in [-0.3, -0.25) is 0 Å². The molecule has 2 aromatic heterocycles. The number of anilines is 2. The number of halogens is 3. The average molecular weight is 469 g/mol. The smallest absolute Gasteiger partial charge is 0.422 e. The van der Waals surface area contributed by atoms with Crippen molar-refractivity contribution in [2.75, 3.05) is 43.0 Å². The molecule has 2 aliphatic heterocycles. The highest BCUT2D eigenvalue weighted by molar-refractivity contribution is 5.39. The number of rotatable bonds is 7. The molecule has 2 saturated heterocycles. The fourth-order valence-corrected chi connectivity index (χ4v) is 4.35. The van der Waals surface area contributed by atoms with Crippen molar-refractivity contribution in [2.24, 2.45) is 5.92 Å². The number of aromatic nitrogens is 3. The lowest BCUT2D eigenvalue weighted by Gasteiger charge is -2.41. The number of likely N-dealkylation sites (tertiary alicyclic amines) is 1. The number of nitrogens with one attached hydrogen (secondary N) is 1. The van der Waals surface area contributed by atoms with E-state index < -0.39 is 12.8 Å². The van der Waals surface area contributed by atoms with Crippen molar-refractivity contribution < 1.29 is 22.3 Å². The first-order valence-corrected chi connectivity index (χ1v) is 11.5. The van der Waals surface area contributed by atoms with Crippen molar-refractivity contribution in [2.45, 2.75) is 58.3 Å². The number of hydrogen-bond acceptors (Lipinski definition) is 8. The number of aryl methyl sites for hydroxylation is 1. The van der Waals surface area contributed by atoms with E-state index in [1.54, 1.807) is 0 Å². The van der Waals surface area contributed by atoms with E-state index in [1.807, 2.05) is 24.0 Å². The molecule has 0 atom stereocenters. The van der Waals surface area contributed by atoms with Crippen LogP contribution in [0, 0.1) is 12.8 Å². The van der Waals surface area contributed by atoms with Gasteiger partial charge in [-0.2, -0.15) is 28.1 Å². The summed E-state index contributed by atoms with van der Waals surface area (Å²) in [7, 11) is 0. The fourth-order valence-electron chi connectivity index (χ4n) is 4.35. The van der Waals surface area contributed by atoms with Gasteiger partial charge in [0.25, 0.3) is 0 Å². The molecular formula is C22H31F3N6O2. The van der Waals surface area contributed by atoms with E-state index in [0.717, 1.165) is 50.7 Å². The lowest BCUT2D eigenvalue weighted by atomic mass is 9.95. The zero-order chi connectivity index (χ0) is 23.4. The van der Waals surface area contributed by atoms with Crippen LogP contribution in [0.4, 0.5) is 25.1 Å². The Balaban J connectivity index is 1.43. The Morgan fingerprint density at radius 1 is 1.06 bits per heavy atom. The van der Waals surface area contributed by atoms with Gasteiger partial charge in [0, 0.05) is 19.1 Å². The first kappa shape index (κ1) is 23.6. The maximum atomic E-state index is 12.7. The second kappa shape index (κ2) is 10.1. The standard InChI is InChI=1S/C22H31F3N6O2/c1-15-5-9-30(10-6-15)17-7-11-31(12-8-17)20-27-19(26-13-18-4-3-16(2)33-18)28-21(29-20)32-14-22(23,24)25/h3-4,15,17H,5-14H2,1-2H3,(H,26,27,28,29). The highest BCUT2D eigenvalue weighted by atomic mass is 19.4. The third-order valence-corrected chi connectivity index (χ3v) is 6.27. The molecule has 11 heteroatoms. The maximum absolute atomic E-state index is 12.7. The fraction of sp³-hybridized carbons (Fsp3) is 0.682. The normalized spacial score (nSPS) is 19.1. The van der Waals surface area contributed by atoms with Gasteiger partial charge in [0.05, 0.1) is 6.54 Å². The van der Waals surface area contributed by atoms with Gasteiger partial charge in [-0.1, -0.05) is 6.92 Å². The molecule has 182 valence electrons. The van der Waals surface area contributed by atoms with Gasteiger partial charge in [-0.25, -0.2) is 0 Å². The van der Waals surface area contributed by atoms with Gasteiger partial charge >= 0.3 is 12.2 Å². The summed E-state index contributed by atoms with van der Waals surface area (Å²) in [5.41, 5.74) is 0. The van der Waals surface area contributed by atoms with Crippen molar-refractivity contribution in [3.8, 4) is 6.01 Å². The van der Waals surface area contributed by atoms with E-state index >= 15 is 0 Å². The van der Waals surface area contributed by atoms with Crippen LogP contribution in [0.15, 0.2) is 16.5 Å². The molecule has 2 aliphatic rings. The van der Waals surface area contributed by atoms with Crippen LogP contribution in [-0.4, -0.2) is 64.9 Å². The Kier molecular flexibility index (Phi) is 7.26. The van der Waals surface area contributed by atoms with E-state index in [4.69, 9.17) is 9.15 Å². The van der Waals surface area contributed by atoms with Crippen LogP contribution >= 0.6 is 0 Å². The predicted octanol–water partition coefficient (Wildman–Crippen LogP) is 4.03. The van der Waals surface area contributed by atoms with Crippen molar-refractivity contribution >= 4 is 11.9 Å². The molecule has 2 aromatic rings. The molecule has 0 amide bonds. The van der Waals surface area contributed by atoms with Crippen LogP contribution in [0.25, 0.3) is 0 Å². The first-order chi connectivity index (χ1) is 15.7. The summed E-state index contributed by atoms with van der Waals surface area (Å²) in [6, 6.07) is 3.83. The molecule has 4 rings (SSSR count). The lowest BCUT2D eigenvalue weighted by Crippen LogP contribution is -2.48. The number of hydrogen-bond donors (Lipinski definition) is 1. The van der Waals surface area contributed by atoms with Crippen LogP contribution < -0.4 is 15.0 Å². The second-order valence-electron chi connectivity index (χ2n) is 8.95. The Morgan fingerprint density at radius 2 is 1.79 bits per heavy atom. The third-order valence-electron chi connectivity index (χ3n) is 6.27. The number of alkyl halides is 3. The summed E-state index contributed by atoms with van der Waals surface area (Å²) in [4.78, 5) is 17.2. The molecule has 0 aromatic carbocycles. The van der Waals surface area contributed by atoms with E-state index in [1.165, 1.54) is 12.8 Å². The molecular weight excluding hydrogens is 437 g/mol. The summed E-state index contributed by atoms with van der Waals surface area (Å²) in [6.07, 6.45) is -0.0769. The molecule has 4 heterocycles. The highest BCUT2D eigenvalue weighted by Crippen LogP contribution is 2.26. The summed E-state index contributed by atoms with van der Waals surface area (Å²) in [5, 5.41) is 3.00. The van der Waals surface area contributed by atoms with Crippen molar-refractivity contribution in [3.05, 3.63) is 23.7 Å². The van der Waals surface area contributed by atoms with Crippen molar-refractivity contribution in [1.29, 1.82) is 0 Å². The van der Waals surface area contributed by atoms with Crippen LogP contribution in [0.3, 0.4) is 0 Å². The van der Waals surface area contributed by atoms with E-state index in [9.17, 15) is 13.2 Å². The molecule has 8 nitrogen and oxygen atoms in total. The largest absolute Gasteiger partial charge is 0.465 e. The van der Waals surface area contributed by atoms with Crippen molar-refractivity contribution in [1.82, 2.24) is 19.9 Å². The molecule has 0 unspecified atom stereocenters. The summed E-state index contributed by atoms with van der Waals surface area (Å²) >= 11 is 0. The third kappa shape index (κ3) is 6.72. The second-order valence-corrected chi connectivity index (χ2v) is 8.95. The lowest BCUT2D eigenvalue weighted by molar-refractivity contribution is -0.154. The maximum Gasteiger partial charge on any atom is 0.422 e. The quantitative estimate of drug-likeness (QED) is 0.653. The molecule has 0 radical (unpaired) electrons. The Bertz CT molecular complexity index is 906. The van der Waals surface area contributed by atoms with Gasteiger partial charge in [0.15, 0.2) is 6.61 Å². The molecule has 0 bridgehead atoms. The Labute approximate surface area is 191 Å². The zero-order valence-electron chi connectivity index (χ0n) is 19.1. The van der Waals surface area contributed by atoms with Crippen LogP contribution in [0.1, 0.15) is 44.1 Å². The van der Waals surface area contributed by atoms with E-state index in [-0.39, 0.29) is 12.0 Å². The van der Waals surface area contributed by atoms with Gasteiger partial charge in [0.2, 0.25) is 11.9 Å². The SMILES string of the molecule is Cc1ccc(CNc2nc(OCC(F)(F)F)nc(N3CCC(N4CCC(C)CC4)CC3)n2)o1. The van der Waals surface area contributed by atoms with Crippen molar-refractivity contribution in [3.63, 3.8) is 0 Å². The van der Waals surface area contributed by atoms with Gasteiger partial charge < -0.3 is 24.3 Å². The van der Waals surface area contributed by atoms with E-state index in [2.05, 4.69) is 32.1 Å². The summed E-state index contributed by atoms with van der Waals surface area (Å²) in [5.74, 6) is 2.70. The molecule has 0 saturated carbocycles. The predicted molar refractivity (Wildman–Crippen MR) is 117 cm³/mol. The minimum atomic E-state index is -4.48. The van der Waals surface area contributed by atoms with Gasteiger partial charge in [0.1, 0.15) is 11.5 Å². The molecule has 0 aliphatic carbocycles. The number of nitrogens with zero attached hydrogens (tertiary/aromatic N) is 5. The van der Waals surface area contributed by atoms with Gasteiger partial charge in [-0.05, 0) is 63.7 Å². The minimum Gasteiger partial charge on any atom is -0.465 e. The Morgan fingerprint density at radius 3 is 2.42 bits per heavy atom. The molecule has 0 spiro atoms. The monoisotopic (exact) mass is 468 g/mol. The number of ether oxygens (including phenoxy) is 1. The minimum absolute atomic E-state index is 0.151. The Hall–Kier alpha value is -2.56. The van der Waals surface area contributed by atoms with E-state index in [0.29, 0.717) is 24.3 Å². The summed E-state index contributed by atoms with van der Waals surface area (Å²) < 4.78 is 48.4. The van der Waals surface area contributed by atoms with Crippen LogP contribution in [0.5, 0.6) is 6.01 Å². The number of piperidine rings is 2. The van der Waals surface area contributed by atoms with Crippen LogP contribution in [-0.2, 0) is 6.54 Å². The zero-order valence-corrected chi connectivity index (χ0v) is 19.1. The topological polar surface area (TPSA) is 79.6 Å². The average Bonchev–Trinajstić information content (AvgIpc) is 3.21. The molecule has 1 N–H and O–H groups in total. The molecule has 33 heavy (non-hydrogen) atoms. The van der Waals surface area contributed by atoms with Crippen LogP contribution in [0.2, 0.25) is 0 Å². The highest BCUT2D eigenvalue weighted by Gasteiger charge is 2.31.